The van der Waals surface area contributed by atoms with Gasteiger partial charge in [-0.15, -0.1) is 0 Å². The summed E-state index contributed by atoms with van der Waals surface area (Å²) in [5.74, 6) is 0.124. The first kappa shape index (κ1) is 15.0. The average molecular weight is 262 g/mol. The number of carbonyl (C=O) groups excluding carboxylic acids is 1. The first-order valence-electron chi connectivity index (χ1n) is 6.46. The van der Waals surface area contributed by atoms with E-state index in [9.17, 15) is 4.79 Å². The summed E-state index contributed by atoms with van der Waals surface area (Å²) in [7, 11) is 1.76. The van der Waals surface area contributed by atoms with Crippen LogP contribution in [0.25, 0.3) is 0 Å². The molecule has 0 aliphatic carbocycles. The lowest BCUT2D eigenvalue weighted by Crippen LogP contribution is -2.31. The summed E-state index contributed by atoms with van der Waals surface area (Å²) in [6, 6.07) is 0.290. The van der Waals surface area contributed by atoms with Crippen molar-refractivity contribution >= 4 is 11.7 Å². The molecule has 0 aromatic rings. The number of amidine groups is 1. The number of carbonyl (C=O) groups is 1. The molecule has 104 valence electrons. The zero-order valence-electron chi connectivity index (χ0n) is 11.8. The number of hydrogen-bond acceptors (Lipinski definition) is 4. The second kappa shape index (κ2) is 6.78. The fourth-order valence-corrected chi connectivity index (χ4v) is 1.86. The standard InChI is InChI=1S/C14H22N4O/c1-5-10(6-2)18-12-7-9(3)14(16-4)17-8-11(12)13(15)19/h7-8,10,18H,3,5-6H2,1-2,4H3,(H2,15,19)(H,16,17). The van der Waals surface area contributed by atoms with E-state index in [0.717, 1.165) is 12.8 Å². The Labute approximate surface area is 114 Å². The number of nitrogens with zero attached hydrogens (tertiary/aromatic N) is 1. The molecule has 0 bridgehead atoms. The van der Waals surface area contributed by atoms with Gasteiger partial charge in [-0.3, -0.25) is 4.79 Å². The van der Waals surface area contributed by atoms with Gasteiger partial charge in [-0.2, -0.15) is 0 Å². The molecule has 1 rings (SSSR count). The summed E-state index contributed by atoms with van der Waals surface area (Å²) in [6.07, 6.45) is 5.21. The molecule has 1 aliphatic heterocycles. The maximum atomic E-state index is 11.5. The third kappa shape index (κ3) is 3.71. The first-order valence-corrected chi connectivity index (χ1v) is 6.46. The van der Waals surface area contributed by atoms with Gasteiger partial charge >= 0.3 is 0 Å². The predicted molar refractivity (Wildman–Crippen MR) is 78.5 cm³/mol. The van der Waals surface area contributed by atoms with E-state index in [0.29, 0.717) is 22.7 Å². The van der Waals surface area contributed by atoms with Crippen LogP contribution in [-0.2, 0) is 4.79 Å². The van der Waals surface area contributed by atoms with E-state index in [1.54, 1.807) is 13.1 Å². The van der Waals surface area contributed by atoms with Crippen molar-refractivity contribution in [2.75, 3.05) is 7.05 Å². The second-order valence-electron chi connectivity index (χ2n) is 4.38. The van der Waals surface area contributed by atoms with Crippen LogP contribution in [0.15, 0.2) is 40.7 Å². The van der Waals surface area contributed by atoms with Crippen LogP contribution in [0, 0.1) is 0 Å². The van der Waals surface area contributed by atoms with E-state index >= 15 is 0 Å². The van der Waals surface area contributed by atoms with Gasteiger partial charge in [0.25, 0.3) is 5.91 Å². The highest BCUT2D eigenvalue weighted by Gasteiger charge is 2.17. The quantitative estimate of drug-likeness (QED) is 0.696. The molecule has 0 spiro atoms. The minimum Gasteiger partial charge on any atom is -0.382 e. The average Bonchev–Trinajstić information content (AvgIpc) is 2.54. The SMILES string of the molecule is C=C1C=C(NC(CC)CC)C(C(N)=O)=CN=C1NC. The van der Waals surface area contributed by atoms with Gasteiger partial charge in [0.05, 0.1) is 5.57 Å². The summed E-state index contributed by atoms with van der Waals surface area (Å²) < 4.78 is 0. The largest absolute Gasteiger partial charge is 0.382 e. The molecule has 1 heterocycles. The van der Waals surface area contributed by atoms with E-state index in [-0.39, 0.29) is 6.04 Å². The van der Waals surface area contributed by atoms with Crippen LogP contribution in [0.4, 0.5) is 0 Å². The minimum atomic E-state index is -0.501. The van der Waals surface area contributed by atoms with Gasteiger partial charge in [-0.1, -0.05) is 20.4 Å². The molecule has 0 aromatic heterocycles. The smallest absolute Gasteiger partial charge is 0.252 e. The fourth-order valence-electron chi connectivity index (χ4n) is 1.86. The van der Waals surface area contributed by atoms with Crippen molar-refractivity contribution in [3.63, 3.8) is 0 Å². The number of nitrogens with one attached hydrogen (secondary N) is 2. The molecule has 0 saturated carbocycles. The zero-order chi connectivity index (χ0) is 14.4. The molecular weight excluding hydrogens is 240 g/mol. The van der Waals surface area contributed by atoms with E-state index < -0.39 is 5.91 Å². The maximum absolute atomic E-state index is 11.5. The molecule has 0 aromatic carbocycles. The van der Waals surface area contributed by atoms with Crippen LogP contribution < -0.4 is 16.4 Å². The minimum absolute atomic E-state index is 0.290. The second-order valence-corrected chi connectivity index (χ2v) is 4.38. The summed E-state index contributed by atoms with van der Waals surface area (Å²) in [5.41, 5.74) is 7.18. The Morgan fingerprint density at radius 2 is 2.11 bits per heavy atom. The predicted octanol–water partition coefficient (Wildman–Crippen LogP) is 1.21. The molecule has 0 radical (unpaired) electrons. The summed E-state index contributed by atoms with van der Waals surface area (Å²) in [6.45, 7) is 8.12. The summed E-state index contributed by atoms with van der Waals surface area (Å²) in [5, 5.41) is 6.27. The molecule has 0 saturated heterocycles. The van der Waals surface area contributed by atoms with Crippen molar-refractivity contribution in [2.24, 2.45) is 10.7 Å². The van der Waals surface area contributed by atoms with E-state index in [2.05, 4.69) is 36.1 Å². The van der Waals surface area contributed by atoms with Crippen molar-refractivity contribution < 1.29 is 4.79 Å². The molecule has 1 amide bonds. The van der Waals surface area contributed by atoms with Crippen LogP contribution in [0.2, 0.25) is 0 Å². The lowest BCUT2D eigenvalue weighted by molar-refractivity contribution is -0.114. The molecule has 1 aliphatic rings. The van der Waals surface area contributed by atoms with Crippen LogP contribution in [0.3, 0.4) is 0 Å². The molecule has 0 atom stereocenters. The third-order valence-corrected chi connectivity index (χ3v) is 3.08. The van der Waals surface area contributed by atoms with Crippen LogP contribution in [-0.4, -0.2) is 24.8 Å². The molecule has 4 N–H and O–H groups in total. The highest BCUT2D eigenvalue weighted by Crippen LogP contribution is 2.16. The van der Waals surface area contributed by atoms with E-state index in [1.807, 2.05) is 0 Å². The lowest BCUT2D eigenvalue weighted by atomic mass is 10.1. The number of primary amides is 1. The highest BCUT2D eigenvalue weighted by molar-refractivity contribution is 6.04. The number of likely N-dealkylation sites (N-methyl/N-ethyl adjacent to an activating group) is 1. The Morgan fingerprint density at radius 1 is 1.47 bits per heavy atom. The monoisotopic (exact) mass is 262 g/mol. The van der Waals surface area contributed by atoms with Crippen LogP contribution in [0.5, 0.6) is 0 Å². The highest BCUT2D eigenvalue weighted by atomic mass is 16.1. The Balaban J connectivity index is 3.11. The molecule has 19 heavy (non-hydrogen) atoms. The van der Waals surface area contributed by atoms with Crippen LogP contribution >= 0.6 is 0 Å². The van der Waals surface area contributed by atoms with Gasteiger partial charge in [-0.05, 0) is 18.9 Å². The molecule has 5 nitrogen and oxygen atoms in total. The van der Waals surface area contributed by atoms with Crippen molar-refractivity contribution in [1.29, 1.82) is 0 Å². The number of hydrogen-bond donors (Lipinski definition) is 3. The number of amides is 1. The molecule has 0 unspecified atom stereocenters. The van der Waals surface area contributed by atoms with Gasteiger partial charge in [0.1, 0.15) is 5.84 Å². The summed E-state index contributed by atoms with van der Waals surface area (Å²) in [4.78, 5) is 15.7. The Hall–Kier alpha value is -2.04. The zero-order valence-corrected chi connectivity index (χ0v) is 11.8. The summed E-state index contributed by atoms with van der Waals surface area (Å²) >= 11 is 0. The Bertz CT molecular complexity index is 456. The van der Waals surface area contributed by atoms with Gasteiger partial charge < -0.3 is 16.4 Å². The van der Waals surface area contributed by atoms with Crippen molar-refractivity contribution in [2.45, 2.75) is 32.7 Å². The van der Waals surface area contributed by atoms with Gasteiger partial charge in [0.15, 0.2) is 0 Å². The number of nitrogens with two attached hydrogens (primary N) is 1. The molecule has 5 heteroatoms. The lowest BCUT2D eigenvalue weighted by Gasteiger charge is -2.19. The van der Waals surface area contributed by atoms with Gasteiger partial charge in [0, 0.05) is 30.6 Å². The maximum Gasteiger partial charge on any atom is 0.252 e. The van der Waals surface area contributed by atoms with Gasteiger partial charge in [-0.25, -0.2) is 4.99 Å². The van der Waals surface area contributed by atoms with Crippen LogP contribution in [0.1, 0.15) is 26.7 Å². The normalized spacial score (nSPS) is 15.4. The van der Waals surface area contributed by atoms with E-state index in [1.165, 1.54) is 6.20 Å². The van der Waals surface area contributed by atoms with Crippen molar-refractivity contribution in [3.8, 4) is 0 Å². The topological polar surface area (TPSA) is 79.5 Å². The molecule has 0 fully saturated rings. The Morgan fingerprint density at radius 3 is 2.58 bits per heavy atom. The third-order valence-electron chi connectivity index (χ3n) is 3.08. The van der Waals surface area contributed by atoms with E-state index in [4.69, 9.17) is 5.73 Å². The van der Waals surface area contributed by atoms with Crippen molar-refractivity contribution in [1.82, 2.24) is 10.6 Å². The van der Waals surface area contributed by atoms with Crippen molar-refractivity contribution in [3.05, 3.63) is 35.7 Å². The fraction of sp³-hybridized carbons (Fsp3) is 0.429. The molecular formula is C14H22N4O. The first-order chi connectivity index (χ1) is 9.03. The van der Waals surface area contributed by atoms with Gasteiger partial charge in [0.2, 0.25) is 0 Å². The number of rotatable bonds is 5. The Kier molecular flexibility index (Phi) is 5.36. The number of aliphatic imine (C=N–C) groups is 1.